The van der Waals surface area contributed by atoms with Crippen LogP contribution in [-0.2, 0) is 9.84 Å². The first-order chi connectivity index (χ1) is 11.3. The number of benzene rings is 2. The van der Waals surface area contributed by atoms with E-state index in [4.69, 9.17) is 0 Å². The van der Waals surface area contributed by atoms with E-state index >= 15 is 0 Å². The third-order valence-electron chi connectivity index (χ3n) is 3.52. The zero-order valence-electron chi connectivity index (χ0n) is 12.5. The molecular weight excluding hydrogens is 332 g/mol. The summed E-state index contributed by atoms with van der Waals surface area (Å²) in [4.78, 5) is 35.4. The van der Waals surface area contributed by atoms with Crippen molar-refractivity contribution >= 4 is 33.2 Å². The van der Waals surface area contributed by atoms with Crippen molar-refractivity contribution in [3.05, 3.63) is 59.2 Å². The fourth-order valence-electron chi connectivity index (χ4n) is 2.32. The van der Waals surface area contributed by atoms with Gasteiger partial charge in [0.2, 0.25) is 0 Å². The summed E-state index contributed by atoms with van der Waals surface area (Å²) in [6, 6.07) is 9.96. The van der Waals surface area contributed by atoms with Crippen LogP contribution in [0.2, 0.25) is 0 Å². The molecule has 1 aliphatic heterocycles. The Morgan fingerprint density at radius 2 is 1.71 bits per heavy atom. The van der Waals surface area contributed by atoms with E-state index in [9.17, 15) is 22.8 Å². The third-order valence-corrected chi connectivity index (χ3v) is 4.63. The van der Waals surface area contributed by atoms with E-state index in [2.05, 4.69) is 10.6 Å². The van der Waals surface area contributed by atoms with Crippen molar-refractivity contribution in [3.8, 4) is 0 Å². The average Bonchev–Trinajstić information content (AvgIpc) is 2.81. The Morgan fingerprint density at radius 1 is 1.00 bits per heavy atom. The first-order valence-corrected chi connectivity index (χ1v) is 8.76. The molecule has 0 atom stereocenters. The fraction of sp³-hybridized carbons (Fsp3) is 0.0625. The molecule has 3 rings (SSSR count). The number of carbonyl (C=O) groups is 3. The zero-order valence-corrected chi connectivity index (χ0v) is 13.3. The minimum atomic E-state index is -3.42. The Balaban J connectivity index is 1.88. The molecule has 8 heteroatoms. The molecule has 0 saturated carbocycles. The molecule has 2 aromatic rings. The number of nitrogens with one attached hydrogen (secondary N) is 2. The van der Waals surface area contributed by atoms with Gasteiger partial charge in [0, 0.05) is 17.5 Å². The molecule has 122 valence electrons. The van der Waals surface area contributed by atoms with Gasteiger partial charge in [-0.25, -0.2) is 8.42 Å². The Kier molecular flexibility index (Phi) is 3.69. The second-order valence-electron chi connectivity index (χ2n) is 5.30. The van der Waals surface area contributed by atoms with Gasteiger partial charge in [-0.15, -0.1) is 0 Å². The zero-order chi connectivity index (χ0) is 17.5. The molecule has 0 unspecified atom stereocenters. The second kappa shape index (κ2) is 5.57. The lowest BCUT2D eigenvalue weighted by Gasteiger charge is -2.07. The molecule has 1 aliphatic rings. The smallest absolute Gasteiger partial charge is 0.259 e. The van der Waals surface area contributed by atoms with Crippen molar-refractivity contribution in [2.75, 3.05) is 11.6 Å². The van der Waals surface area contributed by atoms with E-state index in [0.717, 1.165) is 6.26 Å². The van der Waals surface area contributed by atoms with Gasteiger partial charge < -0.3 is 5.32 Å². The Bertz CT molecular complexity index is 995. The molecular formula is C16H12N2O5S. The maximum atomic E-state index is 12.3. The van der Waals surface area contributed by atoms with E-state index in [1.54, 1.807) is 0 Å². The Hall–Kier alpha value is -3.00. The second-order valence-corrected chi connectivity index (χ2v) is 7.31. The van der Waals surface area contributed by atoms with Crippen LogP contribution in [0.25, 0.3) is 0 Å². The lowest BCUT2D eigenvalue weighted by atomic mass is 10.1. The van der Waals surface area contributed by atoms with Gasteiger partial charge in [-0.1, -0.05) is 6.07 Å². The van der Waals surface area contributed by atoms with Gasteiger partial charge >= 0.3 is 0 Å². The van der Waals surface area contributed by atoms with Gasteiger partial charge in [0.15, 0.2) is 9.84 Å². The van der Waals surface area contributed by atoms with Crippen LogP contribution in [0.5, 0.6) is 0 Å². The summed E-state index contributed by atoms with van der Waals surface area (Å²) < 4.78 is 23.1. The van der Waals surface area contributed by atoms with E-state index in [0.29, 0.717) is 5.69 Å². The highest BCUT2D eigenvalue weighted by molar-refractivity contribution is 7.90. The lowest BCUT2D eigenvalue weighted by molar-refractivity contribution is 0.0878. The highest BCUT2D eigenvalue weighted by Gasteiger charge is 2.26. The molecule has 0 saturated heterocycles. The summed E-state index contributed by atoms with van der Waals surface area (Å²) in [6.07, 6.45) is 1.06. The summed E-state index contributed by atoms with van der Waals surface area (Å²) in [5, 5.41) is 4.74. The van der Waals surface area contributed by atoms with Crippen LogP contribution < -0.4 is 10.6 Å². The van der Waals surface area contributed by atoms with Crippen molar-refractivity contribution in [1.29, 1.82) is 0 Å². The monoisotopic (exact) mass is 344 g/mol. The number of anilines is 1. The van der Waals surface area contributed by atoms with E-state index in [1.165, 1.54) is 42.5 Å². The molecule has 0 spiro atoms. The summed E-state index contributed by atoms with van der Waals surface area (Å²) in [6.45, 7) is 0. The number of hydrogen-bond acceptors (Lipinski definition) is 5. The SMILES string of the molecule is CS(=O)(=O)c1cccc(C(=O)Nc2ccc3c(c2)C(=O)NC3=O)c1. The summed E-state index contributed by atoms with van der Waals surface area (Å²) in [5.41, 5.74) is 0.923. The summed E-state index contributed by atoms with van der Waals surface area (Å²) >= 11 is 0. The standard InChI is InChI=1S/C16H12N2O5S/c1-24(22,23)11-4-2-3-9(7-11)14(19)17-10-5-6-12-13(8-10)16(21)18-15(12)20/h2-8H,1H3,(H,17,19)(H,18,20,21). The van der Waals surface area contributed by atoms with Crippen molar-refractivity contribution < 1.29 is 22.8 Å². The molecule has 1 heterocycles. The topological polar surface area (TPSA) is 109 Å². The van der Waals surface area contributed by atoms with Gasteiger partial charge in [-0.3, -0.25) is 19.7 Å². The van der Waals surface area contributed by atoms with Crippen LogP contribution in [0.3, 0.4) is 0 Å². The van der Waals surface area contributed by atoms with E-state index in [1.807, 2.05) is 0 Å². The molecule has 2 aromatic carbocycles. The first-order valence-electron chi connectivity index (χ1n) is 6.87. The summed E-state index contributed by atoms with van der Waals surface area (Å²) in [5.74, 6) is -1.52. The van der Waals surface area contributed by atoms with Crippen LogP contribution in [0.4, 0.5) is 5.69 Å². The molecule has 0 radical (unpaired) electrons. The number of imide groups is 1. The molecule has 2 N–H and O–H groups in total. The van der Waals surface area contributed by atoms with Crippen molar-refractivity contribution in [1.82, 2.24) is 5.32 Å². The number of hydrogen-bond donors (Lipinski definition) is 2. The van der Waals surface area contributed by atoms with Gasteiger partial charge in [0.25, 0.3) is 17.7 Å². The predicted octanol–water partition coefficient (Wildman–Crippen LogP) is 1.23. The summed E-state index contributed by atoms with van der Waals surface area (Å²) in [7, 11) is -3.42. The Morgan fingerprint density at radius 3 is 2.42 bits per heavy atom. The number of sulfone groups is 1. The van der Waals surface area contributed by atoms with Crippen molar-refractivity contribution in [3.63, 3.8) is 0 Å². The van der Waals surface area contributed by atoms with Crippen LogP contribution >= 0.6 is 0 Å². The maximum absolute atomic E-state index is 12.3. The molecule has 7 nitrogen and oxygen atoms in total. The van der Waals surface area contributed by atoms with Gasteiger partial charge in [0.05, 0.1) is 16.0 Å². The largest absolute Gasteiger partial charge is 0.322 e. The van der Waals surface area contributed by atoms with Crippen molar-refractivity contribution in [2.45, 2.75) is 4.90 Å². The Labute approximate surface area is 137 Å². The highest BCUT2D eigenvalue weighted by Crippen LogP contribution is 2.21. The first kappa shape index (κ1) is 15.9. The number of amides is 3. The van der Waals surface area contributed by atoms with Crippen LogP contribution in [0.15, 0.2) is 47.4 Å². The van der Waals surface area contributed by atoms with Gasteiger partial charge in [0.1, 0.15) is 0 Å². The lowest BCUT2D eigenvalue weighted by Crippen LogP contribution is -2.19. The highest BCUT2D eigenvalue weighted by atomic mass is 32.2. The quantitative estimate of drug-likeness (QED) is 0.814. The fourth-order valence-corrected chi connectivity index (χ4v) is 2.98. The maximum Gasteiger partial charge on any atom is 0.259 e. The number of fused-ring (bicyclic) bond motifs is 1. The van der Waals surface area contributed by atoms with Gasteiger partial charge in [-0.05, 0) is 36.4 Å². The minimum absolute atomic E-state index is 0.0362. The van der Waals surface area contributed by atoms with E-state index in [-0.39, 0.29) is 21.6 Å². The number of carbonyl (C=O) groups excluding carboxylic acids is 3. The van der Waals surface area contributed by atoms with E-state index < -0.39 is 27.6 Å². The van der Waals surface area contributed by atoms with Crippen LogP contribution in [-0.4, -0.2) is 32.4 Å². The normalized spacial score (nSPS) is 13.4. The molecule has 24 heavy (non-hydrogen) atoms. The predicted molar refractivity (Wildman–Crippen MR) is 85.7 cm³/mol. The molecule has 0 aromatic heterocycles. The van der Waals surface area contributed by atoms with Crippen LogP contribution in [0, 0.1) is 0 Å². The molecule has 0 aliphatic carbocycles. The molecule has 0 bridgehead atoms. The van der Waals surface area contributed by atoms with Crippen molar-refractivity contribution in [2.24, 2.45) is 0 Å². The minimum Gasteiger partial charge on any atom is -0.322 e. The van der Waals surface area contributed by atoms with Gasteiger partial charge in [-0.2, -0.15) is 0 Å². The third kappa shape index (κ3) is 2.91. The molecule has 0 fully saturated rings. The molecule has 3 amide bonds. The number of rotatable bonds is 3. The average molecular weight is 344 g/mol. The van der Waals surface area contributed by atoms with Crippen LogP contribution in [0.1, 0.15) is 31.1 Å².